The Morgan fingerprint density at radius 3 is 2.65 bits per heavy atom. The van der Waals surface area contributed by atoms with E-state index in [-0.39, 0.29) is 5.91 Å². The number of benzene rings is 1. The normalized spacial score (nSPS) is 14.1. The first-order valence-electron chi connectivity index (χ1n) is 7.22. The van der Waals surface area contributed by atoms with Crippen molar-refractivity contribution in [1.82, 2.24) is 14.9 Å². The van der Waals surface area contributed by atoms with E-state index in [1.54, 1.807) is 35.2 Å². The Balaban J connectivity index is 1.73. The van der Waals surface area contributed by atoms with E-state index < -0.39 is 0 Å². The van der Waals surface area contributed by atoms with E-state index in [1.165, 1.54) is 6.33 Å². The van der Waals surface area contributed by atoms with Crippen LogP contribution in [0, 0.1) is 11.3 Å². The van der Waals surface area contributed by atoms with Crippen molar-refractivity contribution in [3.8, 4) is 6.07 Å². The first kappa shape index (κ1) is 14.9. The standard InChI is InChI=1S/C16H15N5O2/c17-10-12-1-3-13(4-2-12)20-15-9-14(18-11-19-15)16(22)21-5-7-23-8-6-21/h1-4,9,11H,5-8H2,(H,18,19,20). The van der Waals surface area contributed by atoms with Crippen LogP contribution in [0.4, 0.5) is 11.5 Å². The second-order valence-corrected chi connectivity index (χ2v) is 5.01. The molecule has 0 atom stereocenters. The second kappa shape index (κ2) is 6.85. The third kappa shape index (κ3) is 3.62. The number of carbonyl (C=O) groups excluding carboxylic acids is 1. The van der Waals surface area contributed by atoms with Crippen LogP contribution in [0.2, 0.25) is 0 Å². The predicted octanol–water partition coefficient (Wildman–Crippen LogP) is 1.56. The van der Waals surface area contributed by atoms with Crippen molar-refractivity contribution in [3.63, 3.8) is 0 Å². The summed E-state index contributed by atoms with van der Waals surface area (Å²) in [6.07, 6.45) is 1.36. The summed E-state index contributed by atoms with van der Waals surface area (Å²) >= 11 is 0. The van der Waals surface area contributed by atoms with E-state index in [2.05, 4.69) is 21.4 Å². The lowest BCUT2D eigenvalue weighted by Gasteiger charge is -2.26. The Kier molecular flexibility index (Phi) is 4.45. The molecule has 0 bridgehead atoms. The van der Waals surface area contributed by atoms with Gasteiger partial charge in [-0.05, 0) is 24.3 Å². The van der Waals surface area contributed by atoms with Crippen LogP contribution in [0.3, 0.4) is 0 Å². The van der Waals surface area contributed by atoms with E-state index >= 15 is 0 Å². The molecule has 0 radical (unpaired) electrons. The molecular weight excluding hydrogens is 294 g/mol. The van der Waals surface area contributed by atoms with Crippen LogP contribution in [0.25, 0.3) is 0 Å². The van der Waals surface area contributed by atoms with Crippen molar-refractivity contribution in [3.05, 3.63) is 47.9 Å². The monoisotopic (exact) mass is 309 g/mol. The molecule has 1 amide bonds. The molecule has 7 heteroatoms. The molecule has 1 saturated heterocycles. The van der Waals surface area contributed by atoms with Gasteiger partial charge >= 0.3 is 0 Å². The van der Waals surface area contributed by atoms with Crippen LogP contribution < -0.4 is 5.32 Å². The quantitative estimate of drug-likeness (QED) is 0.925. The number of ether oxygens (including phenoxy) is 1. The number of rotatable bonds is 3. The Bertz CT molecular complexity index is 733. The van der Waals surface area contributed by atoms with Crippen LogP contribution in [-0.4, -0.2) is 47.1 Å². The Morgan fingerprint density at radius 1 is 1.22 bits per heavy atom. The lowest BCUT2D eigenvalue weighted by Crippen LogP contribution is -2.41. The Labute approximate surface area is 133 Å². The van der Waals surface area contributed by atoms with Gasteiger partial charge in [-0.25, -0.2) is 9.97 Å². The van der Waals surface area contributed by atoms with Gasteiger partial charge in [-0.15, -0.1) is 0 Å². The zero-order valence-corrected chi connectivity index (χ0v) is 12.4. The van der Waals surface area contributed by atoms with Crippen molar-refractivity contribution in [2.24, 2.45) is 0 Å². The molecule has 2 aromatic rings. The molecule has 1 fully saturated rings. The van der Waals surface area contributed by atoms with Crippen LogP contribution in [0.1, 0.15) is 16.1 Å². The number of amides is 1. The van der Waals surface area contributed by atoms with Gasteiger partial charge in [0.1, 0.15) is 17.8 Å². The number of nitriles is 1. The fraction of sp³-hybridized carbons (Fsp3) is 0.250. The molecule has 23 heavy (non-hydrogen) atoms. The summed E-state index contributed by atoms with van der Waals surface area (Å²) in [4.78, 5) is 22.3. The highest BCUT2D eigenvalue weighted by Crippen LogP contribution is 2.16. The minimum absolute atomic E-state index is 0.126. The molecule has 2 heterocycles. The van der Waals surface area contributed by atoms with Gasteiger partial charge in [0.05, 0.1) is 24.8 Å². The molecule has 3 rings (SSSR count). The first-order valence-corrected chi connectivity index (χ1v) is 7.22. The number of carbonyl (C=O) groups is 1. The molecule has 116 valence electrons. The molecule has 1 aromatic heterocycles. The summed E-state index contributed by atoms with van der Waals surface area (Å²) in [5.74, 6) is 0.403. The van der Waals surface area contributed by atoms with Crippen LogP contribution >= 0.6 is 0 Å². The van der Waals surface area contributed by atoms with Gasteiger partial charge in [-0.1, -0.05) is 0 Å². The molecule has 0 saturated carbocycles. The molecule has 1 N–H and O–H groups in total. The largest absolute Gasteiger partial charge is 0.378 e. The van der Waals surface area contributed by atoms with Gasteiger partial charge in [-0.2, -0.15) is 5.26 Å². The van der Waals surface area contributed by atoms with Crippen LogP contribution in [0.5, 0.6) is 0 Å². The molecule has 0 unspecified atom stereocenters. The smallest absolute Gasteiger partial charge is 0.272 e. The lowest BCUT2D eigenvalue weighted by molar-refractivity contribution is 0.0299. The summed E-state index contributed by atoms with van der Waals surface area (Å²) in [7, 11) is 0. The predicted molar refractivity (Wildman–Crippen MR) is 83.2 cm³/mol. The number of aromatic nitrogens is 2. The summed E-state index contributed by atoms with van der Waals surface area (Å²) in [5.41, 5.74) is 1.71. The number of nitrogens with zero attached hydrogens (tertiary/aromatic N) is 4. The summed E-state index contributed by atoms with van der Waals surface area (Å²) in [6.45, 7) is 2.24. The Morgan fingerprint density at radius 2 is 1.96 bits per heavy atom. The fourth-order valence-corrected chi connectivity index (χ4v) is 2.25. The Hall–Kier alpha value is -2.98. The van der Waals surface area contributed by atoms with Gasteiger partial charge in [0.25, 0.3) is 5.91 Å². The summed E-state index contributed by atoms with van der Waals surface area (Å²) in [5, 5.41) is 11.9. The van der Waals surface area contributed by atoms with E-state index in [1.807, 2.05) is 0 Å². The van der Waals surface area contributed by atoms with Crippen molar-refractivity contribution in [2.45, 2.75) is 0 Å². The number of nitrogens with one attached hydrogen (secondary N) is 1. The summed E-state index contributed by atoms with van der Waals surface area (Å²) < 4.78 is 5.25. The topological polar surface area (TPSA) is 91.1 Å². The van der Waals surface area contributed by atoms with Crippen molar-refractivity contribution >= 4 is 17.4 Å². The van der Waals surface area contributed by atoms with Gasteiger partial charge < -0.3 is 15.0 Å². The van der Waals surface area contributed by atoms with Gasteiger partial charge in [0.2, 0.25) is 0 Å². The molecule has 0 aliphatic carbocycles. The first-order chi connectivity index (χ1) is 11.3. The maximum absolute atomic E-state index is 12.4. The molecule has 1 aliphatic rings. The molecule has 1 aliphatic heterocycles. The summed E-state index contributed by atoms with van der Waals surface area (Å²) in [6, 6.07) is 10.7. The average molecular weight is 309 g/mol. The molecule has 7 nitrogen and oxygen atoms in total. The highest BCUT2D eigenvalue weighted by atomic mass is 16.5. The molecule has 1 aromatic carbocycles. The molecular formula is C16H15N5O2. The lowest BCUT2D eigenvalue weighted by atomic mass is 10.2. The van der Waals surface area contributed by atoms with E-state index in [9.17, 15) is 4.79 Å². The van der Waals surface area contributed by atoms with E-state index in [4.69, 9.17) is 10.00 Å². The third-order valence-corrected chi connectivity index (χ3v) is 3.47. The van der Waals surface area contributed by atoms with Crippen LogP contribution in [-0.2, 0) is 4.74 Å². The number of hydrogen-bond donors (Lipinski definition) is 1. The fourth-order valence-electron chi connectivity index (χ4n) is 2.25. The van der Waals surface area contributed by atoms with Gasteiger partial charge in [0.15, 0.2) is 0 Å². The maximum Gasteiger partial charge on any atom is 0.272 e. The van der Waals surface area contributed by atoms with Crippen LogP contribution in [0.15, 0.2) is 36.7 Å². The minimum atomic E-state index is -0.126. The van der Waals surface area contributed by atoms with Gasteiger partial charge in [0, 0.05) is 24.8 Å². The number of hydrogen-bond acceptors (Lipinski definition) is 6. The highest BCUT2D eigenvalue weighted by molar-refractivity contribution is 5.93. The van der Waals surface area contributed by atoms with E-state index in [0.29, 0.717) is 43.4 Å². The van der Waals surface area contributed by atoms with Crippen molar-refractivity contribution < 1.29 is 9.53 Å². The van der Waals surface area contributed by atoms with E-state index in [0.717, 1.165) is 5.69 Å². The maximum atomic E-state index is 12.4. The second-order valence-electron chi connectivity index (χ2n) is 5.01. The molecule has 0 spiro atoms. The SMILES string of the molecule is N#Cc1ccc(Nc2cc(C(=O)N3CCOCC3)ncn2)cc1. The number of morpholine rings is 1. The van der Waals surface area contributed by atoms with Crippen molar-refractivity contribution in [1.29, 1.82) is 5.26 Å². The third-order valence-electron chi connectivity index (χ3n) is 3.47. The van der Waals surface area contributed by atoms with Gasteiger partial charge in [-0.3, -0.25) is 4.79 Å². The van der Waals surface area contributed by atoms with Crippen molar-refractivity contribution in [2.75, 3.05) is 31.6 Å². The zero-order chi connectivity index (χ0) is 16.1. The number of anilines is 2. The average Bonchev–Trinajstić information content (AvgIpc) is 2.63. The zero-order valence-electron chi connectivity index (χ0n) is 12.4. The highest BCUT2D eigenvalue weighted by Gasteiger charge is 2.20. The minimum Gasteiger partial charge on any atom is -0.378 e.